The van der Waals surface area contributed by atoms with Crippen LogP contribution in [0.15, 0.2) is 40.9 Å². The highest BCUT2D eigenvalue weighted by atomic mass is 79.9. The molecule has 4 nitrogen and oxygen atoms in total. The molecule has 0 fully saturated rings. The van der Waals surface area contributed by atoms with Gasteiger partial charge >= 0.3 is 5.97 Å². The second kappa shape index (κ2) is 5.92. The Kier molecular flexibility index (Phi) is 4.24. The molecule has 0 aliphatic carbocycles. The molecule has 0 heterocycles. The fourth-order valence-electron chi connectivity index (χ4n) is 1.69. The maximum absolute atomic E-state index is 13.3. The molecule has 0 aliphatic rings. The van der Waals surface area contributed by atoms with Gasteiger partial charge in [0.2, 0.25) is 0 Å². The Bertz CT molecular complexity index is 661. The molecule has 0 saturated heterocycles. The lowest BCUT2D eigenvalue weighted by Gasteiger charge is -2.12. The number of aromatic carboxylic acids is 1. The molecular weight excluding hydrogens is 329 g/mol. The molecule has 3 N–H and O–H groups in total. The van der Waals surface area contributed by atoms with Crippen molar-refractivity contribution in [3.05, 3.63) is 57.8 Å². The molecule has 2 aromatic rings. The summed E-state index contributed by atoms with van der Waals surface area (Å²) in [4.78, 5) is 11.1. The highest BCUT2D eigenvalue weighted by Gasteiger charge is 2.18. The lowest BCUT2D eigenvalue weighted by molar-refractivity contribution is 0.0692. The molecule has 0 radical (unpaired) electrons. The van der Waals surface area contributed by atoms with Crippen LogP contribution in [0.25, 0.3) is 0 Å². The Morgan fingerprint density at radius 2 is 2.00 bits per heavy atom. The molecule has 0 aromatic heterocycles. The third-order valence-electron chi connectivity index (χ3n) is 2.71. The third-order valence-corrected chi connectivity index (χ3v) is 3.48. The first-order valence-corrected chi connectivity index (χ1v) is 6.47. The first kappa shape index (κ1) is 14.3. The molecule has 0 unspecified atom stereocenters. The van der Waals surface area contributed by atoms with E-state index >= 15 is 0 Å². The minimum Gasteiger partial charge on any atom is -0.488 e. The summed E-state index contributed by atoms with van der Waals surface area (Å²) in [6.45, 7) is 0.146. The molecule has 0 aliphatic heterocycles. The van der Waals surface area contributed by atoms with Crippen LogP contribution in [0.3, 0.4) is 0 Å². The summed E-state index contributed by atoms with van der Waals surface area (Å²) in [6, 6.07) is 9.70. The number of carboxylic acid groups (broad SMARTS) is 1. The van der Waals surface area contributed by atoms with Crippen LogP contribution >= 0.6 is 15.9 Å². The van der Waals surface area contributed by atoms with Crippen molar-refractivity contribution in [2.75, 3.05) is 5.73 Å². The summed E-state index contributed by atoms with van der Waals surface area (Å²) < 4.78 is 19.6. The van der Waals surface area contributed by atoms with Gasteiger partial charge in [0.05, 0.1) is 5.69 Å². The number of ether oxygens (including phenoxy) is 1. The van der Waals surface area contributed by atoms with Gasteiger partial charge in [-0.25, -0.2) is 9.18 Å². The summed E-state index contributed by atoms with van der Waals surface area (Å²) in [5.74, 6) is -2.08. The smallest absolute Gasteiger partial charge is 0.341 e. The number of rotatable bonds is 4. The minimum absolute atomic E-state index is 0.0344. The standard InChI is InChI=1S/C14H11BrFNO3/c15-9-4-2-1-3-8(9)7-20-11-6-5-10(16)13(17)12(11)14(18)19/h1-6H,7,17H2,(H,18,19). The average Bonchev–Trinajstić information content (AvgIpc) is 2.41. The Morgan fingerprint density at radius 3 is 2.65 bits per heavy atom. The number of benzene rings is 2. The Balaban J connectivity index is 2.29. The van der Waals surface area contributed by atoms with E-state index in [2.05, 4.69) is 15.9 Å². The van der Waals surface area contributed by atoms with Crippen LogP contribution in [0.5, 0.6) is 5.75 Å². The first-order chi connectivity index (χ1) is 9.50. The van der Waals surface area contributed by atoms with E-state index < -0.39 is 17.5 Å². The van der Waals surface area contributed by atoms with Crippen molar-refractivity contribution < 1.29 is 19.0 Å². The molecule has 2 rings (SSSR count). The van der Waals surface area contributed by atoms with Crippen LogP contribution in [0.2, 0.25) is 0 Å². The van der Waals surface area contributed by atoms with Crippen LogP contribution in [-0.4, -0.2) is 11.1 Å². The lowest BCUT2D eigenvalue weighted by atomic mass is 10.1. The van der Waals surface area contributed by atoms with E-state index in [1.807, 2.05) is 24.3 Å². The topological polar surface area (TPSA) is 72.5 Å². The largest absolute Gasteiger partial charge is 0.488 e. The Morgan fingerprint density at radius 1 is 1.30 bits per heavy atom. The molecule has 0 bridgehead atoms. The normalized spacial score (nSPS) is 10.3. The summed E-state index contributed by atoms with van der Waals surface area (Å²) >= 11 is 3.36. The predicted octanol–water partition coefficient (Wildman–Crippen LogP) is 3.45. The molecule has 0 atom stereocenters. The van der Waals surface area contributed by atoms with Gasteiger partial charge in [-0.05, 0) is 18.2 Å². The number of hydrogen-bond acceptors (Lipinski definition) is 3. The van der Waals surface area contributed by atoms with E-state index in [-0.39, 0.29) is 17.9 Å². The average molecular weight is 340 g/mol. The van der Waals surface area contributed by atoms with Gasteiger partial charge in [0.25, 0.3) is 0 Å². The van der Waals surface area contributed by atoms with Crippen molar-refractivity contribution in [2.45, 2.75) is 6.61 Å². The monoisotopic (exact) mass is 339 g/mol. The first-order valence-electron chi connectivity index (χ1n) is 5.68. The number of carboxylic acids is 1. The number of nitrogens with two attached hydrogens (primary N) is 1. The number of carbonyl (C=O) groups is 1. The van der Waals surface area contributed by atoms with Crippen molar-refractivity contribution in [1.82, 2.24) is 0 Å². The van der Waals surface area contributed by atoms with Crippen molar-refractivity contribution >= 4 is 27.6 Å². The number of nitrogen functional groups attached to an aromatic ring is 1. The summed E-state index contributed by atoms with van der Waals surface area (Å²) in [5, 5.41) is 9.09. The van der Waals surface area contributed by atoms with Gasteiger partial charge < -0.3 is 15.6 Å². The Hall–Kier alpha value is -2.08. The fraction of sp³-hybridized carbons (Fsp3) is 0.0714. The second-order valence-electron chi connectivity index (χ2n) is 4.02. The number of halogens is 2. The molecular formula is C14H11BrFNO3. The number of hydrogen-bond donors (Lipinski definition) is 2. The molecule has 104 valence electrons. The highest BCUT2D eigenvalue weighted by molar-refractivity contribution is 9.10. The van der Waals surface area contributed by atoms with E-state index in [0.29, 0.717) is 0 Å². The summed E-state index contributed by atoms with van der Waals surface area (Å²) in [5.41, 5.74) is 5.49. The number of anilines is 1. The van der Waals surface area contributed by atoms with Crippen LogP contribution < -0.4 is 10.5 Å². The van der Waals surface area contributed by atoms with Crippen LogP contribution in [0, 0.1) is 5.82 Å². The van der Waals surface area contributed by atoms with Crippen molar-refractivity contribution in [2.24, 2.45) is 0 Å². The van der Waals surface area contributed by atoms with E-state index in [1.54, 1.807) is 0 Å². The fourth-order valence-corrected chi connectivity index (χ4v) is 2.09. The quantitative estimate of drug-likeness (QED) is 0.837. The SMILES string of the molecule is Nc1c(F)ccc(OCc2ccccc2Br)c1C(=O)O. The van der Waals surface area contributed by atoms with Crippen LogP contribution in [0.4, 0.5) is 10.1 Å². The van der Waals surface area contributed by atoms with Gasteiger partial charge in [-0.1, -0.05) is 34.1 Å². The van der Waals surface area contributed by atoms with Crippen molar-refractivity contribution in [3.8, 4) is 5.75 Å². The zero-order valence-corrected chi connectivity index (χ0v) is 11.9. The lowest BCUT2D eigenvalue weighted by Crippen LogP contribution is -2.08. The van der Waals surface area contributed by atoms with Gasteiger partial charge in [0, 0.05) is 10.0 Å². The van der Waals surface area contributed by atoms with Crippen LogP contribution in [-0.2, 0) is 6.61 Å². The highest BCUT2D eigenvalue weighted by Crippen LogP contribution is 2.28. The van der Waals surface area contributed by atoms with Gasteiger partial charge in [-0.3, -0.25) is 0 Å². The minimum atomic E-state index is -1.33. The molecule has 0 saturated carbocycles. The van der Waals surface area contributed by atoms with E-state index in [0.717, 1.165) is 16.1 Å². The van der Waals surface area contributed by atoms with Gasteiger partial charge in [0.1, 0.15) is 23.7 Å². The predicted molar refractivity (Wildman–Crippen MR) is 76.2 cm³/mol. The zero-order valence-electron chi connectivity index (χ0n) is 10.3. The third kappa shape index (κ3) is 2.91. The maximum atomic E-state index is 13.3. The molecule has 20 heavy (non-hydrogen) atoms. The summed E-state index contributed by atoms with van der Waals surface area (Å²) in [6.07, 6.45) is 0. The second-order valence-corrected chi connectivity index (χ2v) is 4.87. The van der Waals surface area contributed by atoms with E-state index in [9.17, 15) is 9.18 Å². The molecule has 0 amide bonds. The molecule has 0 spiro atoms. The Labute approximate surface area is 123 Å². The van der Waals surface area contributed by atoms with Crippen molar-refractivity contribution in [3.63, 3.8) is 0 Å². The van der Waals surface area contributed by atoms with E-state index in [1.165, 1.54) is 6.07 Å². The molecule has 2 aromatic carbocycles. The van der Waals surface area contributed by atoms with Crippen LogP contribution in [0.1, 0.15) is 15.9 Å². The van der Waals surface area contributed by atoms with E-state index in [4.69, 9.17) is 15.6 Å². The zero-order chi connectivity index (χ0) is 14.7. The van der Waals surface area contributed by atoms with Gasteiger partial charge in [-0.2, -0.15) is 0 Å². The maximum Gasteiger partial charge on any atom is 0.341 e. The van der Waals surface area contributed by atoms with Crippen molar-refractivity contribution in [1.29, 1.82) is 0 Å². The summed E-state index contributed by atoms with van der Waals surface area (Å²) in [7, 11) is 0. The molecule has 6 heteroatoms. The van der Waals surface area contributed by atoms with Gasteiger partial charge in [0.15, 0.2) is 0 Å². The van der Waals surface area contributed by atoms with Gasteiger partial charge in [-0.15, -0.1) is 0 Å².